The normalized spacial score (nSPS) is 12.9. The molecule has 4 nitrogen and oxygen atoms in total. The number of carbonyl (C=O) groups excluding carboxylic acids is 2. The first-order valence-corrected chi connectivity index (χ1v) is 17.1. The van der Waals surface area contributed by atoms with Crippen LogP contribution in [0.2, 0.25) is 0 Å². The number of unbranched alkanes of at least 4 members (excludes halogenated alkanes) is 18. The summed E-state index contributed by atoms with van der Waals surface area (Å²) in [5.41, 5.74) is 0. The first-order chi connectivity index (χ1) is 18.0. The Hall–Kier alpha value is -0.0100. The van der Waals surface area contributed by atoms with E-state index in [1.54, 1.807) is 0 Å². The van der Waals surface area contributed by atoms with Gasteiger partial charge in [0, 0.05) is 10.5 Å². The molecule has 0 aliphatic heterocycles. The summed E-state index contributed by atoms with van der Waals surface area (Å²) >= 11 is 9.51. The van der Waals surface area contributed by atoms with Gasteiger partial charge in [-0.2, -0.15) is 25.3 Å². The zero-order chi connectivity index (χ0) is 27.4. The lowest BCUT2D eigenvalue weighted by atomic mass is 10.0. The molecule has 2 atom stereocenters. The first-order valence-electron chi connectivity index (χ1n) is 15.4. The van der Waals surface area contributed by atoms with E-state index in [0.29, 0.717) is 12.3 Å². The predicted molar refractivity (Wildman–Crippen MR) is 167 cm³/mol. The highest BCUT2D eigenvalue weighted by Crippen LogP contribution is 2.19. The van der Waals surface area contributed by atoms with Crippen molar-refractivity contribution in [1.29, 1.82) is 0 Å². The van der Waals surface area contributed by atoms with E-state index in [9.17, 15) is 9.59 Å². The summed E-state index contributed by atoms with van der Waals surface area (Å²) < 4.78 is 9.98. The lowest BCUT2D eigenvalue weighted by Gasteiger charge is -2.10. The number of hydrogen-bond donors (Lipinski definition) is 2. The smallest absolute Gasteiger partial charge is 0.321 e. The van der Waals surface area contributed by atoms with Gasteiger partial charge in [0.2, 0.25) is 0 Å². The van der Waals surface area contributed by atoms with Crippen LogP contribution in [0.1, 0.15) is 168 Å². The van der Waals surface area contributed by atoms with Crippen molar-refractivity contribution >= 4 is 49.5 Å². The van der Waals surface area contributed by atoms with Crippen molar-refractivity contribution in [2.45, 2.75) is 178 Å². The van der Waals surface area contributed by atoms with E-state index in [2.05, 4.69) is 39.1 Å². The summed E-state index contributed by atoms with van der Waals surface area (Å²) in [7, 11) is 0. The molecule has 0 saturated heterocycles. The van der Waals surface area contributed by atoms with Crippen molar-refractivity contribution < 1.29 is 18.0 Å². The van der Waals surface area contributed by atoms with Crippen LogP contribution in [0.5, 0.6) is 0 Å². The van der Waals surface area contributed by atoms with Crippen LogP contribution in [-0.2, 0) is 18.0 Å². The van der Waals surface area contributed by atoms with Crippen molar-refractivity contribution in [3.63, 3.8) is 0 Å². The summed E-state index contributed by atoms with van der Waals surface area (Å²) in [5, 5.41) is -0.0264. The van der Waals surface area contributed by atoms with Gasteiger partial charge in [0.15, 0.2) is 0 Å². The third-order valence-corrected chi connectivity index (χ3v) is 8.23. The Morgan fingerprint density at radius 2 is 0.784 bits per heavy atom. The van der Waals surface area contributed by atoms with Crippen molar-refractivity contribution in [1.82, 2.24) is 0 Å². The molecule has 0 aromatic carbocycles. The standard InChI is InChI=1S/C30H58O4S3/c1-3-5-7-9-11-13-15-17-19-21-23-27(35)25-29(31)33-37-34-30(32)26-28(36)24-22-20-18-16-14-12-10-8-6-4-2/h27-28,35-36H,3-26H2,1-2H3. The Balaban J connectivity index is 3.55. The number of thiol groups is 2. The van der Waals surface area contributed by atoms with Crippen molar-refractivity contribution in [2.75, 3.05) is 0 Å². The van der Waals surface area contributed by atoms with E-state index in [1.807, 2.05) is 0 Å². The van der Waals surface area contributed by atoms with Crippen molar-refractivity contribution in [2.24, 2.45) is 0 Å². The number of carbonyl (C=O) groups is 2. The first kappa shape index (κ1) is 37.0. The summed E-state index contributed by atoms with van der Waals surface area (Å²) in [6, 6.07) is 0. The molecule has 0 saturated carbocycles. The van der Waals surface area contributed by atoms with Crippen molar-refractivity contribution in [3.8, 4) is 0 Å². The maximum atomic E-state index is 12.0. The molecule has 0 aliphatic carbocycles. The van der Waals surface area contributed by atoms with Crippen LogP contribution in [0.15, 0.2) is 0 Å². The van der Waals surface area contributed by atoms with Crippen LogP contribution >= 0.6 is 37.6 Å². The lowest BCUT2D eigenvalue weighted by Crippen LogP contribution is -2.12. The highest BCUT2D eigenvalue weighted by Gasteiger charge is 2.15. The molecule has 0 aromatic rings. The summed E-state index contributed by atoms with van der Waals surface area (Å²) in [4.78, 5) is 23.9. The van der Waals surface area contributed by atoms with Gasteiger partial charge in [-0.1, -0.05) is 142 Å². The summed E-state index contributed by atoms with van der Waals surface area (Å²) in [5.74, 6) is -0.782. The minimum atomic E-state index is -0.391. The molecular weight excluding hydrogens is 521 g/mol. The molecule has 0 N–H and O–H groups in total. The zero-order valence-corrected chi connectivity index (χ0v) is 26.7. The Bertz CT molecular complexity index is 475. The van der Waals surface area contributed by atoms with E-state index in [-0.39, 0.29) is 23.3 Å². The van der Waals surface area contributed by atoms with Gasteiger partial charge >= 0.3 is 11.9 Å². The number of rotatable bonds is 28. The van der Waals surface area contributed by atoms with Gasteiger partial charge in [-0.3, -0.25) is 9.59 Å². The van der Waals surface area contributed by atoms with Crippen LogP contribution in [0.3, 0.4) is 0 Å². The van der Waals surface area contributed by atoms with E-state index in [4.69, 9.17) is 8.37 Å². The Morgan fingerprint density at radius 3 is 1.08 bits per heavy atom. The van der Waals surface area contributed by atoms with Crippen molar-refractivity contribution in [3.05, 3.63) is 0 Å². The zero-order valence-electron chi connectivity index (χ0n) is 24.1. The monoisotopic (exact) mass is 578 g/mol. The number of hydrogen-bond acceptors (Lipinski definition) is 7. The molecule has 7 heteroatoms. The molecule has 2 unspecified atom stereocenters. The van der Waals surface area contributed by atoms with Crippen LogP contribution in [-0.4, -0.2) is 22.4 Å². The fourth-order valence-electron chi connectivity index (χ4n) is 4.48. The average molecular weight is 579 g/mol. The third-order valence-electron chi connectivity index (χ3n) is 6.84. The van der Waals surface area contributed by atoms with E-state index in [0.717, 1.165) is 25.7 Å². The Kier molecular flexibility index (Phi) is 29.0. The van der Waals surface area contributed by atoms with Crippen LogP contribution in [0.25, 0.3) is 0 Å². The van der Waals surface area contributed by atoms with Crippen LogP contribution in [0, 0.1) is 0 Å². The van der Waals surface area contributed by atoms with E-state index in [1.165, 1.54) is 116 Å². The lowest BCUT2D eigenvalue weighted by molar-refractivity contribution is -0.135. The van der Waals surface area contributed by atoms with Gasteiger partial charge in [-0.05, 0) is 12.8 Å². The largest absolute Gasteiger partial charge is 0.355 e. The maximum absolute atomic E-state index is 12.0. The molecule has 37 heavy (non-hydrogen) atoms. The second kappa shape index (κ2) is 29.0. The fraction of sp³-hybridized carbons (Fsp3) is 0.933. The molecule has 0 fully saturated rings. The second-order valence-electron chi connectivity index (χ2n) is 10.6. The molecule has 0 amide bonds. The SMILES string of the molecule is CCCCCCCCCCCCC(S)CC(=O)OSOC(=O)CC(S)CCCCCCCCCCCC. The average Bonchev–Trinajstić information content (AvgIpc) is 2.86. The van der Waals surface area contributed by atoms with E-state index < -0.39 is 11.9 Å². The molecule has 0 radical (unpaired) electrons. The maximum Gasteiger partial charge on any atom is 0.321 e. The quantitative estimate of drug-likeness (QED) is 0.0549. The minimum absolute atomic E-state index is 0.0132. The van der Waals surface area contributed by atoms with Crippen LogP contribution in [0.4, 0.5) is 0 Å². The van der Waals surface area contributed by atoms with Gasteiger partial charge in [0.25, 0.3) is 12.3 Å². The second-order valence-corrected chi connectivity index (χ2v) is 12.6. The van der Waals surface area contributed by atoms with Gasteiger partial charge < -0.3 is 8.37 Å². The molecule has 0 aliphatic rings. The predicted octanol–water partition coefficient (Wildman–Crippen LogP) is 10.6. The molecule has 0 spiro atoms. The summed E-state index contributed by atoms with van der Waals surface area (Å²) in [6.07, 6.45) is 28.2. The highest BCUT2D eigenvalue weighted by atomic mass is 32.2. The molecule has 220 valence electrons. The Labute approximate surface area is 245 Å². The highest BCUT2D eigenvalue weighted by molar-refractivity contribution is 7.90. The summed E-state index contributed by atoms with van der Waals surface area (Å²) in [6.45, 7) is 4.50. The molecule has 0 heterocycles. The molecule has 0 bridgehead atoms. The van der Waals surface area contributed by atoms with Gasteiger partial charge in [0.05, 0.1) is 12.8 Å². The molecule has 0 rings (SSSR count). The molecular formula is C30H58O4S3. The minimum Gasteiger partial charge on any atom is -0.355 e. The van der Waals surface area contributed by atoms with Gasteiger partial charge in [0.1, 0.15) is 0 Å². The third kappa shape index (κ3) is 28.8. The van der Waals surface area contributed by atoms with Gasteiger partial charge in [-0.15, -0.1) is 0 Å². The van der Waals surface area contributed by atoms with Crippen LogP contribution < -0.4 is 0 Å². The Morgan fingerprint density at radius 1 is 0.514 bits per heavy atom. The van der Waals surface area contributed by atoms with Gasteiger partial charge in [-0.25, -0.2) is 0 Å². The molecule has 0 aromatic heterocycles. The van der Waals surface area contributed by atoms with E-state index >= 15 is 0 Å². The fourth-order valence-corrected chi connectivity index (χ4v) is 5.47. The topological polar surface area (TPSA) is 52.6 Å².